The quantitative estimate of drug-likeness (QED) is 0.621. The number of imide groups is 1. The second-order valence-corrected chi connectivity index (χ2v) is 4.91. The first-order valence-electron chi connectivity index (χ1n) is 5.72. The van der Waals surface area contributed by atoms with E-state index in [0.29, 0.717) is 18.4 Å². The summed E-state index contributed by atoms with van der Waals surface area (Å²) < 4.78 is 0. The number of amides is 2. The van der Waals surface area contributed by atoms with Gasteiger partial charge in [0.05, 0.1) is 6.54 Å². The van der Waals surface area contributed by atoms with Crippen LogP contribution in [0.25, 0.3) is 0 Å². The van der Waals surface area contributed by atoms with Crippen LogP contribution in [0, 0.1) is 0 Å². The van der Waals surface area contributed by atoms with Crippen LogP contribution in [0.4, 0.5) is 0 Å². The van der Waals surface area contributed by atoms with Crippen molar-refractivity contribution < 1.29 is 9.59 Å². The minimum atomic E-state index is -0.150. The smallest absolute Gasteiger partial charge is 0.229 e. The molecule has 0 radical (unpaired) electrons. The topological polar surface area (TPSA) is 50.3 Å². The molecule has 0 N–H and O–H groups in total. The lowest BCUT2D eigenvalue weighted by Gasteiger charge is -2.19. The van der Waals surface area contributed by atoms with Crippen LogP contribution < -0.4 is 0 Å². The van der Waals surface area contributed by atoms with Gasteiger partial charge in [-0.1, -0.05) is 29.3 Å². The Kier molecular flexibility index (Phi) is 4.19. The number of carbonyl (C=O) groups is 2. The molecule has 1 fully saturated rings. The van der Waals surface area contributed by atoms with Crippen LogP contribution in [0.2, 0.25) is 10.3 Å². The molecule has 0 aliphatic carbocycles. The average Bonchev–Trinajstić information content (AvgIpc) is 2.47. The van der Waals surface area contributed by atoms with Crippen LogP contribution in [-0.2, 0) is 16.1 Å². The highest BCUT2D eigenvalue weighted by atomic mass is 35.5. The molecule has 0 unspecified atom stereocenters. The lowest BCUT2D eigenvalue weighted by Crippen LogP contribution is -2.34. The normalized spacial score (nSPS) is 16.9. The number of likely N-dealkylation sites (tertiary alicyclic amines) is 1. The van der Waals surface area contributed by atoms with Crippen molar-refractivity contribution in [3.8, 4) is 0 Å². The van der Waals surface area contributed by atoms with Crippen LogP contribution in [0.15, 0.2) is 12.1 Å². The highest BCUT2D eigenvalue weighted by Crippen LogP contribution is 2.21. The Balaban J connectivity index is 2.20. The molecular weight excluding hydrogens is 275 g/mol. The summed E-state index contributed by atoms with van der Waals surface area (Å²) in [5, 5.41) is 0.518. The molecule has 0 bridgehead atoms. The van der Waals surface area contributed by atoms with Gasteiger partial charge in [-0.25, -0.2) is 4.98 Å². The molecule has 2 rings (SSSR count). The molecule has 1 aliphatic heterocycles. The number of pyridine rings is 1. The number of hydrogen-bond donors (Lipinski definition) is 0. The molecule has 2 heterocycles. The molecule has 1 aromatic heterocycles. The molecule has 0 aromatic carbocycles. The van der Waals surface area contributed by atoms with Crippen molar-refractivity contribution >= 4 is 35.0 Å². The lowest BCUT2D eigenvalue weighted by molar-refractivity contribution is -0.144. The summed E-state index contributed by atoms with van der Waals surface area (Å²) in [5.74, 6) is -0.299. The third-order valence-corrected chi connectivity index (χ3v) is 3.39. The molecule has 1 aromatic rings. The molecule has 6 heteroatoms. The summed E-state index contributed by atoms with van der Waals surface area (Å²) in [4.78, 5) is 28.8. The zero-order chi connectivity index (χ0) is 13.1. The van der Waals surface area contributed by atoms with E-state index in [9.17, 15) is 9.59 Å². The van der Waals surface area contributed by atoms with Crippen LogP contribution in [-0.4, -0.2) is 21.7 Å². The predicted molar refractivity (Wildman–Crippen MR) is 68.3 cm³/mol. The maximum atomic E-state index is 11.8. The van der Waals surface area contributed by atoms with Crippen molar-refractivity contribution in [3.05, 3.63) is 28.0 Å². The van der Waals surface area contributed by atoms with E-state index in [1.165, 1.54) is 4.90 Å². The lowest BCUT2D eigenvalue weighted by atomic mass is 10.2. The fraction of sp³-hybridized carbons (Fsp3) is 0.417. The third-order valence-electron chi connectivity index (χ3n) is 2.85. The van der Waals surface area contributed by atoms with E-state index < -0.39 is 0 Å². The summed E-state index contributed by atoms with van der Waals surface area (Å²) >= 11 is 11.6. The SMILES string of the molecule is O=C1CCCCC(=O)N1Cc1ccc(Cl)nc1Cl. The van der Waals surface area contributed by atoms with Gasteiger partial charge in [0.2, 0.25) is 11.8 Å². The third kappa shape index (κ3) is 3.00. The molecule has 4 nitrogen and oxygen atoms in total. The van der Waals surface area contributed by atoms with Gasteiger partial charge in [-0.15, -0.1) is 0 Å². The molecule has 96 valence electrons. The maximum absolute atomic E-state index is 11.8. The highest BCUT2D eigenvalue weighted by Gasteiger charge is 2.24. The number of rotatable bonds is 2. The Morgan fingerprint density at radius 3 is 2.28 bits per heavy atom. The molecule has 0 spiro atoms. The fourth-order valence-electron chi connectivity index (χ4n) is 1.87. The molecule has 18 heavy (non-hydrogen) atoms. The second-order valence-electron chi connectivity index (χ2n) is 4.16. The standard InChI is InChI=1S/C12H12Cl2N2O2/c13-9-6-5-8(12(14)15-9)7-16-10(17)3-1-2-4-11(16)18/h5-6H,1-4,7H2. The summed E-state index contributed by atoms with van der Waals surface area (Å²) in [6.45, 7) is 0.167. The van der Waals surface area contributed by atoms with Gasteiger partial charge in [0, 0.05) is 18.4 Å². The summed E-state index contributed by atoms with van der Waals surface area (Å²) in [6, 6.07) is 3.28. The molecule has 0 saturated carbocycles. The summed E-state index contributed by atoms with van der Waals surface area (Å²) in [6.07, 6.45) is 2.33. The minimum Gasteiger partial charge on any atom is -0.278 e. The van der Waals surface area contributed by atoms with Crippen molar-refractivity contribution in [2.24, 2.45) is 0 Å². The monoisotopic (exact) mass is 286 g/mol. The number of nitrogens with zero attached hydrogens (tertiary/aromatic N) is 2. The van der Waals surface area contributed by atoms with E-state index in [1.807, 2.05) is 0 Å². The Morgan fingerprint density at radius 2 is 1.72 bits per heavy atom. The largest absolute Gasteiger partial charge is 0.278 e. The van der Waals surface area contributed by atoms with Gasteiger partial charge >= 0.3 is 0 Å². The Bertz CT molecular complexity index is 473. The predicted octanol–water partition coefficient (Wildman–Crippen LogP) is 2.82. The van der Waals surface area contributed by atoms with Gasteiger partial charge < -0.3 is 0 Å². The van der Waals surface area contributed by atoms with Gasteiger partial charge in [-0.3, -0.25) is 14.5 Å². The molecular formula is C12H12Cl2N2O2. The fourth-order valence-corrected chi connectivity index (χ4v) is 2.27. The van der Waals surface area contributed by atoms with Gasteiger partial charge in [-0.05, 0) is 18.9 Å². The Morgan fingerprint density at radius 1 is 1.11 bits per heavy atom. The van der Waals surface area contributed by atoms with Crippen LogP contribution in [0.5, 0.6) is 0 Å². The van der Waals surface area contributed by atoms with Crippen LogP contribution in [0.3, 0.4) is 0 Å². The van der Waals surface area contributed by atoms with Gasteiger partial charge in [0.1, 0.15) is 10.3 Å². The second kappa shape index (κ2) is 5.67. The van der Waals surface area contributed by atoms with E-state index >= 15 is 0 Å². The molecule has 0 atom stereocenters. The van der Waals surface area contributed by atoms with Crippen molar-refractivity contribution in [1.82, 2.24) is 9.88 Å². The number of hydrogen-bond acceptors (Lipinski definition) is 3. The first-order valence-corrected chi connectivity index (χ1v) is 6.47. The average molecular weight is 287 g/mol. The van der Waals surface area contributed by atoms with Crippen molar-refractivity contribution in [1.29, 1.82) is 0 Å². The van der Waals surface area contributed by atoms with E-state index in [1.54, 1.807) is 12.1 Å². The van der Waals surface area contributed by atoms with E-state index in [4.69, 9.17) is 23.2 Å². The van der Waals surface area contributed by atoms with Gasteiger partial charge in [0.25, 0.3) is 0 Å². The molecule has 2 amide bonds. The number of aromatic nitrogens is 1. The molecule has 1 aliphatic rings. The van der Waals surface area contributed by atoms with Crippen molar-refractivity contribution in [2.45, 2.75) is 32.2 Å². The molecule has 1 saturated heterocycles. The van der Waals surface area contributed by atoms with Crippen LogP contribution in [0.1, 0.15) is 31.2 Å². The van der Waals surface area contributed by atoms with E-state index in [0.717, 1.165) is 12.8 Å². The van der Waals surface area contributed by atoms with Crippen LogP contribution >= 0.6 is 23.2 Å². The maximum Gasteiger partial charge on any atom is 0.229 e. The van der Waals surface area contributed by atoms with Crippen molar-refractivity contribution in [3.63, 3.8) is 0 Å². The van der Waals surface area contributed by atoms with Gasteiger partial charge in [0.15, 0.2) is 0 Å². The minimum absolute atomic E-state index is 0.150. The number of halogens is 2. The van der Waals surface area contributed by atoms with E-state index in [2.05, 4.69) is 4.98 Å². The Labute approximate surface area is 115 Å². The van der Waals surface area contributed by atoms with E-state index in [-0.39, 0.29) is 28.7 Å². The summed E-state index contributed by atoms with van der Waals surface area (Å²) in [7, 11) is 0. The highest BCUT2D eigenvalue weighted by molar-refractivity contribution is 6.32. The zero-order valence-corrected chi connectivity index (χ0v) is 11.2. The Hall–Kier alpha value is -1.13. The first-order chi connectivity index (χ1) is 8.58. The zero-order valence-electron chi connectivity index (χ0n) is 9.66. The summed E-state index contributed by atoms with van der Waals surface area (Å²) in [5.41, 5.74) is 0.629. The first kappa shape index (κ1) is 13.3. The van der Waals surface area contributed by atoms with Gasteiger partial charge in [-0.2, -0.15) is 0 Å². The number of carbonyl (C=O) groups excluding carboxylic acids is 2. The van der Waals surface area contributed by atoms with Crippen molar-refractivity contribution in [2.75, 3.05) is 0 Å².